The standard InChI is InChI=1S/C22H23N3O3/c1-24(14-16-7-4-3-5-8-16)22(26)18-15-25(2)23-21(18)17-9-10-19-20(13-17)28-12-6-11-27-19/h3-5,7-10,13,15H,6,11-12,14H2,1-2H3. The van der Waals surface area contributed by atoms with E-state index in [0.29, 0.717) is 36.8 Å². The SMILES string of the molecule is CN(Cc1ccccc1)C(=O)c1cn(C)nc1-c1ccc2c(c1)OCCCO2. The van der Waals surface area contributed by atoms with E-state index in [-0.39, 0.29) is 5.91 Å². The number of hydrogen-bond acceptors (Lipinski definition) is 4. The maximum absolute atomic E-state index is 13.1. The number of aromatic nitrogens is 2. The molecule has 0 bridgehead atoms. The zero-order chi connectivity index (χ0) is 19.5. The molecule has 3 aromatic rings. The third kappa shape index (κ3) is 3.71. The first kappa shape index (κ1) is 18.1. The van der Waals surface area contributed by atoms with Crippen LogP contribution in [-0.2, 0) is 13.6 Å². The van der Waals surface area contributed by atoms with Crippen LogP contribution in [0.2, 0.25) is 0 Å². The quantitative estimate of drug-likeness (QED) is 0.698. The largest absolute Gasteiger partial charge is 0.490 e. The van der Waals surface area contributed by atoms with Crippen molar-refractivity contribution in [3.05, 3.63) is 65.9 Å². The molecule has 0 saturated carbocycles. The van der Waals surface area contributed by atoms with Crippen LogP contribution in [0.15, 0.2) is 54.7 Å². The van der Waals surface area contributed by atoms with Gasteiger partial charge in [0.05, 0.1) is 18.8 Å². The lowest BCUT2D eigenvalue weighted by Gasteiger charge is -2.17. The van der Waals surface area contributed by atoms with Crippen LogP contribution in [0.1, 0.15) is 22.3 Å². The molecule has 0 saturated heterocycles. The van der Waals surface area contributed by atoms with Crippen molar-refractivity contribution in [3.8, 4) is 22.8 Å². The summed E-state index contributed by atoms with van der Waals surface area (Å²) in [5.41, 5.74) is 3.12. The third-order valence-electron chi connectivity index (χ3n) is 4.69. The molecule has 1 aliphatic heterocycles. The van der Waals surface area contributed by atoms with Gasteiger partial charge in [-0.05, 0) is 23.8 Å². The lowest BCUT2D eigenvalue weighted by Crippen LogP contribution is -2.26. The minimum absolute atomic E-state index is 0.0703. The number of benzene rings is 2. The van der Waals surface area contributed by atoms with Gasteiger partial charge in [0.2, 0.25) is 0 Å². The van der Waals surface area contributed by atoms with E-state index in [1.165, 1.54) is 0 Å². The Kier molecular flexibility index (Phi) is 5.02. The van der Waals surface area contributed by atoms with Crippen molar-refractivity contribution in [2.24, 2.45) is 7.05 Å². The lowest BCUT2D eigenvalue weighted by molar-refractivity contribution is 0.0785. The Labute approximate surface area is 164 Å². The van der Waals surface area contributed by atoms with Crippen LogP contribution in [0.25, 0.3) is 11.3 Å². The van der Waals surface area contributed by atoms with Crippen molar-refractivity contribution in [3.63, 3.8) is 0 Å². The molecule has 0 spiro atoms. The molecule has 0 aliphatic carbocycles. The van der Waals surface area contributed by atoms with Gasteiger partial charge in [0, 0.05) is 38.8 Å². The van der Waals surface area contributed by atoms with E-state index in [0.717, 1.165) is 23.3 Å². The predicted octanol–water partition coefficient (Wildman–Crippen LogP) is 3.52. The highest BCUT2D eigenvalue weighted by Crippen LogP contribution is 2.35. The molecule has 144 valence electrons. The Morgan fingerprint density at radius 1 is 1.11 bits per heavy atom. The molecule has 1 aliphatic rings. The number of rotatable bonds is 4. The second kappa shape index (κ2) is 7.76. The normalized spacial score (nSPS) is 13.1. The fourth-order valence-electron chi connectivity index (χ4n) is 3.30. The molecule has 0 unspecified atom stereocenters. The van der Waals surface area contributed by atoms with Gasteiger partial charge in [-0.25, -0.2) is 0 Å². The van der Waals surface area contributed by atoms with Gasteiger partial charge in [-0.2, -0.15) is 5.10 Å². The molecule has 0 fully saturated rings. The predicted molar refractivity (Wildman–Crippen MR) is 106 cm³/mol. The van der Waals surface area contributed by atoms with Crippen LogP contribution < -0.4 is 9.47 Å². The Bertz CT molecular complexity index is 982. The molecule has 0 atom stereocenters. The van der Waals surface area contributed by atoms with Gasteiger partial charge in [0.25, 0.3) is 5.91 Å². The highest BCUT2D eigenvalue weighted by molar-refractivity contribution is 5.99. The van der Waals surface area contributed by atoms with E-state index in [9.17, 15) is 4.79 Å². The Morgan fingerprint density at radius 3 is 2.64 bits per heavy atom. The maximum atomic E-state index is 13.1. The summed E-state index contributed by atoms with van der Waals surface area (Å²) in [4.78, 5) is 14.8. The Morgan fingerprint density at radius 2 is 1.86 bits per heavy atom. The summed E-state index contributed by atoms with van der Waals surface area (Å²) in [6.45, 7) is 1.80. The minimum Gasteiger partial charge on any atom is -0.490 e. The third-order valence-corrected chi connectivity index (χ3v) is 4.69. The van der Waals surface area contributed by atoms with E-state index in [1.54, 1.807) is 22.8 Å². The molecule has 0 radical (unpaired) electrons. The highest BCUT2D eigenvalue weighted by atomic mass is 16.5. The average molecular weight is 377 g/mol. The summed E-state index contributed by atoms with van der Waals surface area (Å²) in [5.74, 6) is 1.35. The summed E-state index contributed by atoms with van der Waals surface area (Å²) < 4.78 is 13.2. The number of aryl methyl sites for hydroxylation is 1. The highest BCUT2D eigenvalue weighted by Gasteiger charge is 2.22. The second-order valence-electron chi connectivity index (χ2n) is 6.92. The number of carbonyl (C=O) groups excluding carboxylic acids is 1. The van der Waals surface area contributed by atoms with Crippen LogP contribution in [0.4, 0.5) is 0 Å². The topological polar surface area (TPSA) is 56.6 Å². The van der Waals surface area contributed by atoms with E-state index in [1.807, 2.05) is 55.6 Å². The first-order valence-electron chi connectivity index (χ1n) is 9.35. The van der Waals surface area contributed by atoms with Crippen LogP contribution in [0.5, 0.6) is 11.5 Å². The van der Waals surface area contributed by atoms with Crippen molar-refractivity contribution in [2.45, 2.75) is 13.0 Å². The summed E-state index contributed by atoms with van der Waals surface area (Å²) in [6, 6.07) is 15.6. The summed E-state index contributed by atoms with van der Waals surface area (Å²) in [6.07, 6.45) is 2.61. The zero-order valence-corrected chi connectivity index (χ0v) is 16.1. The minimum atomic E-state index is -0.0703. The van der Waals surface area contributed by atoms with E-state index < -0.39 is 0 Å². The molecule has 6 heteroatoms. The molecular weight excluding hydrogens is 354 g/mol. The van der Waals surface area contributed by atoms with Gasteiger partial charge in [-0.3, -0.25) is 9.48 Å². The van der Waals surface area contributed by atoms with Crippen molar-refractivity contribution >= 4 is 5.91 Å². The lowest BCUT2D eigenvalue weighted by atomic mass is 10.1. The number of ether oxygens (including phenoxy) is 2. The zero-order valence-electron chi connectivity index (χ0n) is 16.1. The maximum Gasteiger partial charge on any atom is 0.257 e. The Balaban J connectivity index is 1.63. The molecule has 1 amide bonds. The number of amides is 1. The Hall–Kier alpha value is -3.28. The van der Waals surface area contributed by atoms with Crippen molar-refractivity contribution in [2.75, 3.05) is 20.3 Å². The van der Waals surface area contributed by atoms with E-state index in [2.05, 4.69) is 5.10 Å². The molecule has 28 heavy (non-hydrogen) atoms. The molecule has 2 heterocycles. The van der Waals surface area contributed by atoms with Crippen molar-refractivity contribution in [1.82, 2.24) is 14.7 Å². The summed E-state index contributed by atoms with van der Waals surface area (Å²) in [5, 5.41) is 4.54. The van der Waals surface area contributed by atoms with Gasteiger partial charge < -0.3 is 14.4 Å². The fourth-order valence-corrected chi connectivity index (χ4v) is 3.30. The summed E-state index contributed by atoms with van der Waals surface area (Å²) in [7, 11) is 3.63. The first-order valence-corrected chi connectivity index (χ1v) is 9.35. The molecule has 2 aromatic carbocycles. The van der Waals surface area contributed by atoms with Gasteiger partial charge in [-0.1, -0.05) is 30.3 Å². The van der Waals surface area contributed by atoms with Crippen molar-refractivity contribution < 1.29 is 14.3 Å². The average Bonchev–Trinajstić information content (AvgIpc) is 2.94. The van der Waals surface area contributed by atoms with E-state index >= 15 is 0 Å². The van der Waals surface area contributed by atoms with Gasteiger partial charge in [-0.15, -0.1) is 0 Å². The molecule has 6 nitrogen and oxygen atoms in total. The number of carbonyl (C=O) groups is 1. The van der Waals surface area contributed by atoms with Gasteiger partial charge >= 0.3 is 0 Å². The molecule has 4 rings (SSSR count). The van der Waals surface area contributed by atoms with E-state index in [4.69, 9.17) is 9.47 Å². The second-order valence-corrected chi connectivity index (χ2v) is 6.92. The molecule has 1 aromatic heterocycles. The summed E-state index contributed by atoms with van der Waals surface area (Å²) >= 11 is 0. The number of fused-ring (bicyclic) bond motifs is 1. The van der Waals surface area contributed by atoms with Crippen LogP contribution in [0, 0.1) is 0 Å². The monoisotopic (exact) mass is 377 g/mol. The molecular formula is C22H23N3O3. The smallest absolute Gasteiger partial charge is 0.257 e. The van der Waals surface area contributed by atoms with Crippen molar-refractivity contribution in [1.29, 1.82) is 0 Å². The van der Waals surface area contributed by atoms with Gasteiger partial charge in [0.1, 0.15) is 5.69 Å². The number of hydrogen-bond donors (Lipinski definition) is 0. The van der Waals surface area contributed by atoms with Crippen LogP contribution >= 0.6 is 0 Å². The van der Waals surface area contributed by atoms with Gasteiger partial charge in [0.15, 0.2) is 11.5 Å². The fraction of sp³-hybridized carbons (Fsp3) is 0.273. The van der Waals surface area contributed by atoms with Crippen LogP contribution in [0.3, 0.4) is 0 Å². The first-order chi connectivity index (χ1) is 13.6. The number of nitrogens with zero attached hydrogens (tertiary/aromatic N) is 3. The van der Waals surface area contributed by atoms with Crippen LogP contribution in [-0.4, -0.2) is 40.8 Å². The molecule has 0 N–H and O–H groups in total.